The lowest BCUT2D eigenvalue weighted by Gasteiger charge is -2.21. The lowest BCUT2D eigenvalue weighted by Crippen LogP contribution is -2.15. The van der Waals surface area contributed by atoms with Gasteiger partial charge in [-0.1, -0.05) is 28.4 Å². The molecule has 0 radical (unpaired) electrons. The van der Waals surface area contributed by atoms with Crippen LogP contribution in [0.3, 0.4) is 0 Å². The molecule has 1 heterocycles. The summed E-state index contributed by atoms with van der Waals surface area (Å²) in [6.07, 6.45) is 6.21. The van der Waals surface area contributed by atoms with Crippen molar-refractivity contribution in [1.82, 2.24) is 0 Å². The quantitative estimate of drug-likeness (QED) is 0.703. The molecular formula is C16H23BrO2. The van der Waals surface area contributed by atoms with E-state index in [0.29, 0.717) is 0 Å². The third-order valence-corrected chi connectivity index (χ3v) is 4.25. The molecule has 1 aromatic carbocycles. The Morgan fingerprint density at radius 2 is 2.05 bits per heavy atom. The van der Waals surface area contributed by atoms with Gasteiger partial charge in [-0.25, -0.2) is 0 Å². The molecule has 0 N–H and O–H groups in total. The molecular weight excluding hydrogens is 304 g/mol. The van der Waals surface area contributed by atoms with Crippen molar-refractivity contribution in [3.05, 3.63) is 28.2 Å². The largest absolute Gasteiger partial charge is 0.493 e. The van der Waals surface area contributed by atoms with Gasteiger partial charge in [0.1, 0.15) is 5.75 Å². The van der Waals surface area contributed by atoms with Gasteiger partial charge in [0.2, 0.25) is 0 Å². The SMILES string of the molecule is Cc1ccc(Br)cc1OCCCCC1CCOCC1. The van der Waals surface area contributed by atoms with Gasteiger partial charge in [0.15, 0.2) is 0 Å². The van der Waals surface area contributed by atoms with Crippen molar-refractivity contribution in [2.45, 2.75) is 39.0 Å². The first kappa shape index (κ1) is 14.9. The molecule has 3 heteroatoms. The van der Waals surface area contributed by atoms with Crippen LogP contribution < -0.4 is 4.74 Å². The van der Waals surface area contributed by atoms with E-state index >= 15 is 0 Å². The first-order chi connectivity index (χ1) is 9.25. The highest BCUT2D eigenvalue weighted by molar-refractivity contribution is 9.10. The lowest BCUT2D eigenvalue weighted by molar-refractivity contribution is 0.0628. The fourth-order valence-electron chi connectivity index (χ4n) is 2.48. The van der Waals surface area contributed by atoms with Crippen LogP contribution in [0.1, 0.15) is 37.7 Å². The van der Waals surface area contributed by atoms with Crippen molar-refractivity contribution >= 4 is 15.9 Å². The molecule has 0 aromatic heterocycles. The predicted octanol–water partition coefficient (Wildman–Crippen LogP) is 4.73. The Morgan fingerprint density at radius 3 is 2.84 bits per heavy atom. The lowest BCUT2D eigenvalue weighted by atomic mass is 9.94. The molecule has 0 amide bonds. The highest BCUT2D eigenvalue weighted by atomic mass is 79.9. The first-order valence-electron chi connectivity index (χ1n) is 7.22. The third-order valence-electron chi connectivity index (χ3n) is 3.76. The predicted molar refractivity (Wildman–Crippen MR) is 81.8 cm³/mol. The Bertz CT molecular complexity index is 386. The Kier molecular flexibility index (Phi) is 6.18. The van der Waals surface area contributed by atoms with Gasteiger partial charge in [-0.15, -0.1) is 0 Å². The summed E-state index contributed by atoms with van der Waals surface area (Å²) >= 11 is 3.48. The number of benzene rings is 1. The van der Waals surface area contributed by atoms with E-state index in [4.69, 9.17) is 9.47 Å². The second kappa shape index (κ2) is 7.91. The zero-order chi connectivity index (χ0) is 13.5. The molecule has 2 nitrogen and oxygen atoms in total. The van der Waals surface area contributed by atoms with Crippen LogP contribution in [0.4, 0.5) is 0 Å². The van der Waals surface area contributed by atoms with Crippen LogP contribution in [0.5, 0.6) is 5.75 Å². The standard InChI is InChI=1S/C16H23BrO2/c1-13-5-6-15(17)12-16(13)19-9-3-2-4-14-7-10-18-11-8-14/h5-6,12,14H,2-4,7-11H2,1H3. The molecule has 106 valence electrons. The van der Waals surface area contributed by atoms with Crippen molar-refractivity contribution in [1.29, 1.82) is 0 Å². The number of aryl methyl sites for hydroxylation is 1. The van der Waals surface area contributed by atoms with E-state index in [1.165, 1.54) is 31.2 Å². The second-order valence-corrected chi connectivity index (χ2v) is 6.23. The summed E-state index contributed by atoms with van der Waals surface area (Å²) in [6, 6.07) is 6.18. The molecule has 19 heavy (non-hydrogen) atoms. The summed E-state index contributed by atoms with van der Waals surface area (Å²) in [5.74, 6) is 1.88. The molecule has 1 aliphatic rings. The molecule has 1 aromatic rings. The van der Waals surface area contributed by atoms with E-state index in [0.717, 1.165) is 42.4 Å². The third kappa shape index (κ3) is 5.15. The molecule has 0 aliphatic carbocycles. The smallest absolute Gasteiger partial charge is 0.123 e. The second-order valence-electron chi connectivity index (χ2n) is 5.31. The van der Waals surface area contributed by atoms with E-state index in [1.54, 1.807) is 0 Å². The molecule has 0 bridgehead atoms. The van der Waals surface area contributed by atoms with E-state index in [1.807, 2.05) is 12.1 Å². The van der Waals surface area contributed by atoms with Gasteiger partial charge in [-0.2, -0.15) is 0 Å². The van der Waals surface area contributed by atoms with Crippen LogP contribution in [-0.2, 0) is 4.74 Å². The number of hydrogen-bond donors (Lipinski definition) is 0. The molecule has 2 rings (SSSR count). The summed E-state index contributed by atoms with van der Waals surface area (Å²) in [7, 11) is 0. The van der Waals surface area contributed by atoms with Gasteiger partial charge in [-0.05, 0) is 56.2 Å². The van der Waals surface area contributed by atoms with E-state index in [-0.39, 0.29) is 0 Å². The van der Waals surface area contributed by atoms with Crippen LogP contribution in [0.25, 0.3) is 0 Å². The molecule has 1 saturated heterocycles. The number of unbranched alkanes of at least 4 members (excludes halogenated alkanes) is 1. The van der Waals surface area contributed by atoms with Crippen molar-refractivity contribution in [3.8, 4) is 5.75 Å². The number of rotatable bonds is 6. The molecule has 1 fully saturated rings. The molecule has 0 saturated carbocycles. The molecule has 0 spiro atoms. The Hall–Kier alpha value is -0.540. The van der Waals surface area contributed by atoms with Crippen LogP contribution in [0.15, 0.2) is 22.7 Å². The first-order valence-corrected chi connectivity index (χ1v) is 8.01. The average molecular weight is 327 g/mol. The summed E-state index contributed by atoms with van der Waals surface area (Å²) in [5.41, 5.74) is 1.20. The van der Waals surface area contributed by atoms with Crippen molar-refractivity contribution in [2.24, 2.45) is 5.92 Å². The van der Waals surface area contributed by atoms with Crippen LogP contribution in [0.2, 0.25) is 0 Å². The normalized spacial score (nSPS) is 16.5. The molecule has 0 unspecified atom stereocenters. The zero-order valence-electron chi connectivity index (χ0n) is 11.7. The van der Waals surface area contributed by atoms with Gasteiger partial charge >= 0.3 is 0 Å². The fourth-order valence-corrected chi connectivity index (χ4v) is 2.82. The monoisotopic (exact) mass is 326 g/mol. The van der Waals surface area contributed by atoms with Gasteiger partial charge in [-0.3, -0.25) is 0 Å². The highest BCUT2D eigenvalue weighted by Gasteiger charge is 2.12. The summed E-state index contributed by atoms with van der Waals surface area (Å²) in [4.78, 5) is 0. The van der Waals surface area contributed by atoms with E-state index < -0.39 is 0 Å². The minimum atomic E-state index is 0.820. The average Bonchev–Trinajstić information content (AvgIpc) is 2.43. The summed E-state index contributed by atoms with van der Waals surface area (Å²) in [5, 5.41) is 0. The minimum absolute atomic E-state index is 0.820. The number of hydrogen-bond acceptors (Lipinski definition) is 2. The van der Waals surface area contributed by atoms with Crippen LogP contribution in [-0.4, -0.2) is 19.8 Å². The number of ether oxygens (including phenoxy) is 2. The van der Waals surface area contributed by atoms with Crippen molar-refractivity contribution in [3.63, 3.8) is 0 Å². The van der Waals surface area contributed by atoms with Gasteiger partial charge in [0, 0.05) is 17.7 Å². The van der Waals surface area contributed by atoms with E-state index in [9.17, 15) is 0 Å². The maximum atomic E-state index is 5.85. The summed E-state index contributed by atoms with van der Waals surface area (Å²) in [6.45, 7) is 4.82. The van der Waals surface area contributed by atoms with Gasteiger partial charge in [0.05, 0.1) is 6.61 Å². The van der Waals surface area contributed by atoms with Gasteiger partial charge < -0.3 is 9.47 Å². The van der Waals surface area contributed by atoms with Crippen LogP contribution >= 0.6 is 15.9 Å². The fraction of sp³-hybridized carbons (Fsp3) is 0.625. The highest BCUT2D eigenvalue weighted by Crippen LogP contribution is 2.24. The Labute approximate surface area is 124 Å². The summed E-state index contributed by atoms with van der Waals surface area (Å²) < 4.78 is 12.3. The topological polar surface area (TPSA) is 18.5 Å². The van der Waals surface area contributed by atoms with E-state index in [2.05, 4.69) is 28.9 Å². The Morgan fingerprint density at radius 1 is 1.26 bits per heavy atom. The van der Waals surface area contributed by atoms with Gasteiger partial charge in [0.25, 0.3) is 0 Å². The van der Waals surface area contributed by atoms with Crippen molar-refractivity contribution in [2.75, 3.05) is 19.8 Å². The minimum Gasteiger partial charge on any atom is -0.493 e. The number of halogens is 1. The maximum absolute atomic E-state index is 5.85. The zero-order valence-corrected chi connectivity index (χ0v) is 13.2. The molecule has 1 aliphatic heterocycles. The Balaban J connectivity index is 1.62. The van der Waals surface area contributed by atoms with Crippen LogP contribution in [0, 0.1) is 12.8 Å². The maximum Gasteiger partial charge on any atom is 0.123 e. The van der Waals surface area contributed by atoms with Crippen molar-refractivity contribution < 1.29 is 9.47 Å². The molecule has 0 atom stereocenters.